The number of halogens is 1. The zero-order valence-corrected chi connectivity index (χ0v) is 8.38. The molecule has 0 radical (unpaired) electrons. The molecule has 2 aromatic rings. The standard InChI is InChI=1S/C10H7ClN2O2/c1-5(14)9(15)7-4-13-8-6(7)2-3-12-10(8)11/h2-4,13-14H,1H2. The molecule has 76 valence electrons. The number of aliphatic hydroxyl groups is 1. The van der Waals surface area contributed by atoms with Crippen molar-refractivity contribution in [3.63, 3.8) is 0 Å². The predicted molar refractivity (Wildman–Crippen MR) is 57.2 cm³/mol. The molecule has 2 aromatic heterocycles. The SMILES string of the molecule is C=C(O)C(=O)c1c[nH]c2c(Cl)nccc12. The minimum Gasteiger partial charge on any atom is -0.505 e. The molecule has 15 heavy (non-hydrogen) atoms. The van der Waals surface area contributed by atoms with Crippen molar-refractivity contribution in [2.24, 2.45) is 0 Å². The van der Waals surface area contributed by atoms with Crippen molar-refractivity contribution in [1.29, 1.82) is 0 Å². The first kappa shape index (κ1) is 9.73. The van der Waals surface area contributed by atoms with Gasteiger partial charge in [-0.25, -0.2) is 4.98 Å². The van der Waals surface area contributed by atoms with Crippen molar-refractivity contribution >= 4 is 28.3 Å². The Bertz CT molecular complexity index is 560. The van der Waals surface area contributed by atoms with Crippen LogP contribution < -0.4 is 0 Å². The average molecular weight is 223 g/mol. The number of aromatic nitrogens is 2. The molecule has 0 aliphatic carbocycles. The third-order valence-corrected chi connectivity index (χ3v) is 2.35. The van der Waals surface area contributed by atoms with Gasteiger partial charge in [0, 0.05) is 17.8 Å². The molecule has 5 heteroatoms. The molecule has 0 aliphatic rings. The fourth-order valence-corrected chi connectivity index (χ4v) is 1.58. The van der Waals surface area contributed by atoms with Crippen LogP contribution in [-0.4, -0.2) is 20.9 Å². The molecule has 0 atom stereocenters. The third kappa shape index (κ3) is 1.49. The number of pyridine rings is 1. The topological polar surface area (TPSA) is 66.0 Å². The van der Waals surface area contributed by atoms with Gasteiger partial charge in [0.25, 0.3) is 0 Å². The molecule has 0 fully saturated rings. The van der Waals surface area contributed by atoms with Crippen LogP contribution in [0.4, 0.5) is 0 Å². The van der Waals surface area contributed by atoms with E-state index in [2.05, 4.69) is 16.5 Å². The van der Waals surface area contributed by atoms with Crippen LogP contribution in [0.3, 0.4) is 0 Å². The second-order valence-electron chi connectivity index (χ2n) is 3.00. The van der Waals surface area contributed by atoms with Crippen molar-refractivity contribution < 1.29 is 9.90 Å². The summed E-state index contributed by atoms with van der Waals surface area (Å²) < 4.78 is 0. The first-order chi connectivity index (χ1) is 7.11. The molecule has 4 nitrogen and oxygen atoms in total. The largest absolute Gasteiger partial charge is 0.505 e. The number of H-pyrrole nitrogens is 1. The van der Waals surface area contributed by atoms with Crippen LogP contribution >= 0.6 is 11.6 Å². The lowest BCUT2D eigenvalue weighted by molar-refractivity contribution is 0.0980. The molecule has 2 heterocycles. The Labute approximate surface area is 90.2 Å². The lowest BCUT2D eigenvalue weighted by Crippen LogP contribution is -2.00. The van der Waals surface area contributed by atoms with E-state index in [0.717, 1.165) is 0 Å². The van der Waals surface area contributed by atoms with Crippen LogP contribution in [0.2, 0.25) is 5.15 Å². The van der Waals surface area contributed by atoms with Crippen LogP contribution in [-0.2, 0) is 0 Å². The second-order valence-corrected chi connectivity index (χ2v) is 3.36. The molecule has 0 amide bonds. The highest BCUT2D eigenvalue weighted by molar-refractivity contribution is 6.34. The monoisotopic (exact) mass is 222 g/mol. The first-order valence-electron chi connectivity index (χ1n) is 4.15. The average Bonchev–Trinajstić information content (AvgIpc) is 2.61. The molecule has 0 aromatic carbocycles. The number of Topliss-reactive ketones (excluding diaryl/α,β-unsaturated/α-hetero) is 1. The van der Waals surface area contributed by atoms with Gasteiger partial charge < -0.3 is 10.1 Å². The highest BCUT2D eigenvalue weighted by Crippen LogP contribution is 2.24. The Kier molecular flexibility index (Phi) is 2.21. The maximum absolute atomic E-state index is 11.5. The van der Waals surface area contributed by atoms with Crippen LogP contribution in [0.25, 0.3) is 10.9 Å². The number of nitrogens with one attached hydrogen (secondary N) is 1. The van der Waals surface area contributed by atoms with Crippen molar-refractivity contribution in [2.75, 3.05) is 0 Å². The summed E-state index contributed by atoms with van der Waals surface area (Å²) in [5.41, 5.74) is 0.908. The molecule has 0 unspecified atom stereocenters. The van der Waals surface area contributed by atoms with E-state index in [0.29, 0.717) is 16.5 Å². The Balaban J connectivity index is 2.69. The number of fused-ring (bicyclic) bond motifs is 1. The molecule has 0 spiro atoms. The summed E-state index contributed by atoms with van der Waals surface area (Å²) in [5, 5.41) is 9.92. The summed E-state index contributed by atoms with van der Waals surface area (Å²) in [7, 11) is 0. The highest BCUT2D eigenvalue weighted by Gasteiger charge is 2.15. The fourth-order valence-electron chi connectivity index (χ4n) is 1.36. The van der Waals surface area contributed by atoms with Crippen molar-refractivity contribution in [2.45, 2.75) is 0 Å². The Morgan fingerprint density at radius 2 is 2.33 bits per heavy atom. The minimum atomic E-state index is -0.525. The normalized spacial score (nSPS) is 10.5. The van der Waals surface area contributed by atoms with Crippen molar-refractivity contribution in [3.05, 3.63) is 41.5 Å². The van der Waals surface area contributed by atoms with Crippen molar-refractivity contribution in [3.8, 4) is 0 Å². The van der Waals surface area contributed by atoms with E-state index < -0.39 is 11.5 Å². The smallest absolute Gasteiger partial charge is 0.228 e. The van der Waals surface area contributed by atoms with Gasteiger partial charge in [-0.2, -0.15) is 0 Å². The van der Waals surface area contributed by atoms with Gasteiger partial charge >= 0.3 is 0 Å². The fraction of sp³-hybridized carbons (Fsp3) is 0. The van der Waals surface area contributed by atoms with E-state index >= 15 is 0 Å². The molecule has 0 bridgehead atoms. The summed E-state index contributed by atoms with van der Waals surface area (Å²) in [6.07, 6.45) is 2.97. The van der Waals surface area contributed by atoms with Crippen LogP contribution in [0.1, 0.15) is 10.4 Å². The van der Waals surface area contributed by atoms with Crippen LogP contribution in [0, 0.1) is 0 Å². The van der Waals surface area contributed by atoms with Crippen LogP contribution in [0.5, 0.6) is 0 Å². The second kappa shape index (κ2) is 3.40. The number of hydrogen-bond donors (Lipinski definition) is 2. The summed E-state index contributed by atoms with van der Waals surface area (Å²) >= 11 is 5.82. The molecule has 0 saturated heterocycles. The maximum atomic E-state index is 11.5. The molecular weight excluding hydrogens is 216 g/mol. The van der Waals surface area contributed by atoms with Crippen molar-refractivity contribution in [1.82, 2.24) is 9.97 Å². The van der Waals surface area contributed by atoms with Gasteiger partial charge in [-0.3, -0.25) is 4.79 Å². The minimum absolute atomic E-state index is 0.287. The zero-order valence-electron chi connectivity index (χ0n) is 7.62. The van der Waals surface area contributed by atoms with E-state index in [-0.39, 0.29) is 5.15 Å². The number of hydrogen-bond acceptors (Lipinski definition) is 3. The van der Waals surface area contributed by atoms with Crippen LogP contribution in [0.15, 0.2) is 30.8 Å². The molecular formula is C10H7ClN2O2. The first-order valence-corrected chi connectivity index (χ1v) is 4.53. The van der Waals surface area contributed by atoms with Gasteiger partial charge in [0.2, 0.25) is 5.78 Å². The highest BCUT2D eigenvalue weighted by atomic mass is 35.5. The summed E-state index contributed by atoms with van der Waals surface area (Å²) in [6, 6.07) is 1.65. The summed E-state index contributed by atoms with van der Waals surface area (Å²) in [4.78, 5) is 18.2. The number of rotatable bonds is 2. The van der Waals surface area contributed by atoms with E-state index in [4.69, 9.17) is 16.7 Å². The number of allylic oxidation sites excluding steroid dienone is 1. The summed E-state index contributed by atoms with van der Waals surface area (Å²) in [5.74, 6) is -1.02. The third-order valence-electron chi connectivity index (χ3n) is 2.06. The Morgan fingerprint density at radius 3 is 3.00 bits per heavy atom. The van der Waals surface area contributed by atoms with E-state index in [9.17, 15) is 4.79 Å². The number of carbonyl (C=O) groups is 1. The van der Waals surface area contributed by atoms with E-state index in [1.165, 1.54) is 12.4 Å². The Morgan fingerprint density at radius 1 is 1.60 bits per heavy atom. The zero-order chi connectivity index (χ0) is 11.0. The van der Waals surface area contributed by atoms with Gasteiger partial charge in [-0.1, -0.05) is 18.2 Å². The maximum Gasteiger partial charge on any atom is 0.228 e. The molecule has 2 rings (SSSR count). The number of ketones is 1. The lowest BCUT2D eigenvalue weighted by atomic mass is 10.1. The van der Waals surface area contributed by atoms with Gasteiger partial charge in [0.1, 0.15) is 0 Å². The number of carbonyl (C=O) groups excluding carboxylic acids is 1. The van der Waals surface area contributed by atoms with Gasteiger partial charge in [0.05, 0.1) is 11.1 Å². The predicted octanol–water partition coefficient (Wildman–Crippen LogP) is 2.47. The number of nitrogens with zero attached hydrogens (tertiary/aromatic N) is 1. The molecule has 0 saturated carbocycles. The molecule has 0 aliphatic heterocycles. The molecule has 2 N–H and O–H groups in total. The number of aromatic amines is 1. The quantitative estimate of drug-likeness (QED) is 0.355. The lowest BCUT2D eigenvalue weighted by Gasteiger charge is -1.96. The van der Waals surface area contributed by atoms with Gasteiger partial charge in [-0.15, -0.1) is 0 Å². The summed E-state index contributed by atoms with van der Waals surface area (Å²) in [6.45, 7) is 3.18. The Hall–Kier alpha value is -1.81. The van der Waals surface area contributed by atoms with Gasteiger partial charge in [0.15, 0.2) is 10.9 Å². The van der Waals surface area contributed by atoms with E-state index in [1.807, 2.05) is 0 Å². The number of aliphatic hydroxyl groups excluding tert-OH is 1. The van der Waals surface area contributed by atoms with Gasteiger partial charge in [-0.05, 0) is 6.07 Å². The van der Waals surface area contributed by atoms with E-state index in [1.54, 1.807) is 6.07 Å².